The fourth-order valence-electron chi connectivity index (χ4n) is 2.63. The lowest BCUT2D eigenvalue weighted by Gasteiger charge is -2.24. The minimum absolute atomic E-state index is 0. The quantitative estimate of drug-likeness (QED) is 0.842. The highest BCUT2D eigenvalue weighted by atomic mass is 35.5. The molecule has 0 spiro atoms. The molecule has 0 aromatic heterocycles. The molecule has 1 aliphatic carbocycles. The molecule has 1 fully saturated rings. The summed E-state index contributed by atoms with van der Waals surface area (Å²) in [4.78, 5) is 12.3. The van der Waals surface area contributed by atoms with Gasteiger partial charge in [0.25, 0.3) is 0 Å². The summed E-state index contributed by atoms with van der Waals surface area (Å²) < 4.78 is 5.00. The van der Waals surface area contributed by atoms with E-state index in [9.17, 15) is 9.90 Å². The van der Waals surface area contributed by atoms with Crippen molar-refractivity contribution in [2.45, 2.75) is 32.2 Å². The first-order chi connectivity index (χ1) is 9.32. The van der Waals surface area contributed by atoms with Crippen LogP contribution in [0, 0.1) is 5.92 Å². The van der Waals surface area contributed by atoms with E-state index >= 15 is 0 Å². The minimum Gasteiger partial charge on any atom is -0.504 e. The van der Waals surface area contributed by atoms with E-state index in [2.05, 4.69) is 0 Å². The number of carbonyl (C=O) groups is 1. The third-order valence-electron chi connectivity index (χ3n) is 3.78. The summed E-state index contributed by atoms with van der Waals surface area (Å²) in [5, 5.41) is 9.75. The highest BCUT2D eigenvalue weighted by Crippen LogP contribution is 2.35. The molecule has 0 saturated heterocycles. The second kappa shape index (κ2) is 6.50. The Bertz CT molecular complexity index is 561. The van der Waals surface area contributed by atoms with Crippen molar-refractivity contribution in [2.24, 2.45) is 11.7 Å². The lowest BCUT2D eigenvalue weighted by atomic mass is 9.86. The van der Waals surface area contributed by atoms with Crippen LogP contribution in [-0.4, -0.2) is 23.5 Å². The number of nitrogens with two attached hydrogens (primary N) is 1. The van der Waals surface area contributed by atoms with Gasteiger partial charge in [-0.2, -0.15) is 0 Å². The van der Waals surface area contributed by atoms with E-state index < -0.39 is 5.54 Å². The molecule has 1 aromatic rings. The molecule has 116 valence electrons. The van der Waals surface area contributed by atoms with Crippen LogP contribution in [0.4, 0.5) is 0 Å². The van der Waals surface area contributed by atoms with Gasteiger partial charge < -0.3 is 15.6 Å². The van der Waals surface area contributed by atoms with E-state index in [-0.39, 0.29) is 29.9 Å². The molecule has 0 bridgehead atoms. The Kier molecular flexibility index (Phi) is 5.42. The molecule has 0 amide bonds. The number of allylic oxidation sites excluding steroid dienone is 1. The first-order valence-corrected chi connectivity index (χ1v) is 6.73. The topological polar surface area (TPSA) is 72.5 Å². The van der Waals surface area contributed by atoms with Crippen LogP contribution in [0.3, 0.4) is 0 Å². The summed E-state index contributed by atoms with van der Waals surface area (Å²) in [7, 11) is 1.50. The summed E-state index contributed by atoms with van der Waals surface area (Å²) in [5.74, 6) is 0.488. The molecule has 2 rings (SSSR count). The monoisotopic (exact) mass is 311 g/mol. The van der Waals surface area contributed by atoms with Crippen molar-refractivity contribution in [2.75, 3.05) is 7.11 Å². The van der Waals surface area contributed by atoms with Crippen molar-refractivity contribution in [1.29, 1.82) is 0 Å². The molecule has 1 unspecified atom stereocenters. The zero-order chi connectivity index (χ0) is 14.9. The molecule has 1 aromatic carbocycles. The number of aromatic hydroxyl groups is 1. The number of methoxy groups -OCH3 is 1. The number of Topliss-reactive ketones (excluding diaryl/α,β-unsaturated/α-hetero) is 1. The Morgan fingerprint density at radius 1 is 1.43 bits per heavy atom. The predicted octanol–water partition coefficient (Wildman–Crippen LogP) is 2.92. The number of halogens is 1. The van der Waals surface area contributed by atoms with E-state index in [1.165, 1.54) is 7.11 Å². The SMILES string of the molecule is COc1ccc(/C=C2/CCC(C(C)(C)N)C2=O)cc1O.Cl. The van der Waals surface area contributed by atoms with Gasteiger partial charge in [-0.3, -0.25) is 4.79 Å². The summed E-state index contributed by atoms with van der Waals surface area (Å²) in [6, 6.07) is 5.10. The van der Waals surface area contributed by atoms with E-state index in [1.807, 2.05) is 26.0 Å². The van der Waals surface area contributed by atoms with Crippen LogP contribution in [0.15, 0.2) is 23.8 Å². The van der Waals surface area contributed by atoms with Crippen LogP contribution < -0.4 is 10.5 Å². The molecule has 1 atom stereocenters. The maximum atomic E-state index is 12.3. The van der Waals surface area contributed by atoms with Gasteiger partial charge in [-0.1, -0.05) is 6.07 Å². The van der Waals surface area contributed by atoms with Gasteiger partial charge in [0.05, 0.1) is 7.11 Å². The van der Waals surface area contributed by atoms with Crippen molar-refractivity contribution < 1.29 is 14.6 Å². The standard InChI is InChI=1S/C16H21NO3.ClH/c1-16(2,17)12-6-5-11(15(12)19)8-10-4-7-14(20-3)13(18)9-10;/h4,7-9,12,18H,5-6,17H2,1-3H3;1H/b11-8-;. The van der Waals surface area contributed by atoms with Crippen molar-refractivity contribution in [3.63, 3.8) is 0 Å². The number of hydrogen-bond donors (Lipinski definition) is 2. The van der Waals surface area contributed by atoms with Gasteiger partial charge in [0.2, 0.25) is 0 Å². The number of hydrogen-bond acceptors (Lipinski definition) is 4. The van der Waals surface area contributed by atoms with Gasteiger partial charge in [-0.15, -0.1) is 12.4 Å². The average Bonchev–Trinajstić information content (AvgIpc) is 2.71. The number of benzene rings is 1. The van der Waals surface area contributed by atoms with Crippen molar-refractivity contribution in [1.82, 2.24) is 0 Å². The Labute approximate surface area is 131 Å². The molecule has 5 heteroatoms. The highest BCUT2D eigenvalue weighted by Gasteiger charge is 2.37. The maximum absolute atomic E-state index is 12.3. The Morgan fingerprint density at radius 3 is 2.57 bits per heavy atom. The second-order valence-corrected chi connectivity index (χ2v) is 5.88. The highest BCUT2D eigenvalue weighted by molar-refractivity contribution is 6.03. The van der Waals surface area contributed by atoms with Gasteiger partial charge in [0.1, 0.15) is 0 Å². The summed E-state index contributed by atoms with van der Waals surface area (Å²) in [6.07, 6.45) is 3.35. The van der Waals surface area contributed by atoms with Gasteiger partial charge >= 0.3 is 0 Å². The second-order valence-electron chi connectivity index (χ2n) is 5.88. The molecule has 1 saturated carbocycles. The van der Waals surface area contributed by atoms with Crippen LogP contribution in [0.1, 0.15) is 32.3 Å². The van der Waals surface area contributed by atoms with Crippen LogP contribution in [0.25, 0.3) is 6.08 Å². The lowest BCUT2D eigenvalue weighted by molar-refractivity contribution is -0.119. The fraction of sp³-hybridized carbons (Fsp3) is 0.438. The predicted molar refractivity (Wildman–Crippen MR) is 85.9 cm³/mol. The smallest absolute Gasteiger partial charge is 0.163 e. The van der Waals surface area contributed by atoms with Gasteiger partial charge in [0.15, 0.2) is 17.3 Å². The number of rotatable bonds is 3. The van der Waals surface area contributed by atoms with E-state index in [4.69, 9.17) is 10.5 Å². The number of ether oxygens (including phenoxy) is 1. The molecule has 3 N–H and O–H groups in total. The number of phenols is 1. The molecular formula is C16H22ClNO3. The number of ketones is 1. The number of phenolic OH excluding ortho intramolecular Hbond substituents is 1. The largest absolute Gasteiger partial charge is 0.504 e. The van der Waals surface area contributed by atoms with Crippen molar-refractivity contribution in [3.8, 4) is 11.5 Å². The van der Waals surface area contributed by atoms with Crippen molar-refractivity contribution in [3.05, 3.63) is 29.3 Å². The average molecular weight is 312 g/mol. The molecule has 4 nitrogen and oxygen atoms in total. The lowest BCUT2D eigenvalue weighted by Crippen LogP contribution is -2.42. The van der Waals surface area contributed by atoms with Crippen LogP contribution in [0.5, 0.6) is 11.5 Å². The maximum Gasteiger partial charge on any atom is 0.163 e. The van der Waals surface area contributed by atoms with Crippen molar-refractivity contribution >= 4 is 24.3 Å². The van der Waals surface area contributed by atoms with E-state index in [0.717, 1.165) is 24.0 Å². The minimum atomic E-state index is -0.491. The van der Waals surface area contributed by atoms with Gasteiger partial charge in [-0.05, 0) is 56.0 Å². The third kappa shape index (κ3) is 3.77. The molecule has 0 heterocycles. The molecule has 21 heavy (non-hydrogen) atoms. The normalized spacial score (nSPS) is 20.5. The molecule has 1 aliphatic rings. The Hall–Kier alpha value is -1.52. The molecule has 0 radical (unpaired) electrons. The zero-order valence-corrected chi connectivity index (χ0v) is 13.4. The van der Waals surface area contributed by atoms with Crippen LogP contribution >= 0.6 is 12.4 Å². The summed E-state index contributed by atoms with van der Waals surface area (Å²) in [5.41, 5.74) is 7.12. The summed E-state index contributed by atoms with van der Waals surface area (Å²) >= 11 is 0. The van der Waals surface area contributed by atoms with E-state index in [1.54, 1.807) is 12.1 Å². The first-order valence-electron chi connectivity index (χ1n) is 6.73. The van der Waals surface area contributed by atoms with Crippen LogP contribution in [-0.2, 0) is 4.79 Å². The Balaban J connectivity index is 0.00000220. The molecule has 0 aliphatic heterocycles. The van der Waals surface area contributed by atoms with Gasteiger partial charge in [0, 0.05) is 11.5 Å². The van der Waals surface area contributed by atoms with Crippen LogP contribution in [0.2, 0.25) is 0 Å². The first kappa shape index (κ1) is 17.5. The number of carbonyl (C=O) groups excluding carboxylic acids is 1. The Morgan fingerprint density at radius 2 is 2.10 bits per heavy atom. The zero-order valence-electron chi connectivity index (χ0n) is 12.6. The van der Waals surface area contributed by atoms with Gasteiger partial charge in [-0.25, -0.2) is 0 Å². The fourth-order valence-corrected chi connectivity index (χ4v) is 2.63. The third-order valence-corrected chi connectivity index (χ3v) is 3.78. The molecular weight excluding hydrogens is 290 g/mol. The summed E-state index contributed by atoms with van der Waals surface area (Å²) in [6.45, 7) is 3.77. The van der Waals surface area contributed by atoms with E-state index in [0.29, 0.717) is 5.75 Å².